The molecule has 2 heterocycles. The summed E-state index contributed by atoms with van der Waals surface area (Å²) in [5.74, 6) is 1.69. The molecule has 1 aliphatic rings. The van der Waals surface area contributed by atoms with Crippen molar-refractivity contribution < 1.29 is 5.11 Å². The zero-order valence-electron chi connectivity index (χ0n) is 10.5. The molecule has 0 spiro atoms. The number of aliphatic hydroxyl groups is 1. The van der Waals surface area contributed by atoms with Crippen molar-refractivity contribution in [1.29, 1.82) is 0 Å². The van der Waals surface area contributed by atoms with Crippen LogP contribution in [0.2, 0.25) is 0 Å². The molecule has 0 aliphatic carbocycles. The van der Waals surface area contributed by atoms with Crippen molar-refractivity contribution in [2.75, 3.05) is 18.0 Å². The van der Waals surface area contributed by atoms with Gasteiger partial charge in [-0.1, -0.05) is 19.8 Å². The fraction of sp³-hybridized carbons (Fsp3) is 0.692. The summed E-state index contributed by atoms with van der Waals surface area (Å²) in [6.07, 6.45) is 8.54. The third kappa shape index (κ3) is 3.16. The maximum absolute atomic E-state index is 8.94. The molecular formula is C13H21N3O. The maximum atomic E-state index is 8.94. The molecule has 0 atom stereocenters. The Labute approximate surface area is 103 Å². The molecule has 1 fully saturated rings. The summed E-state index contributed by atoms with van der Waals surface area (Å²) in [5.41, 5.74) is 0.773. The molecule has 0 unspecified atom stereocenters. The highest BCUT2D eigenvalue weighted by molar-refractivity contribution is 5.30. The van der Waals surface area contributed by atoms with Gasteiger partial charge in [0.2, 0.25) is 5.95 Å². The second kappa shape index (κ2) is 5.96. The van der Waals surface area contributed by atoms with E-state index in [-0.39, 0.29) is 6.61 Å². The van der Waals surface area contributed by atoms with Crippen LogP contribution in [0.5, 0.6) is 0 Å². The molecule has 0 amide bonds. The number of hydrogen-bond donors (Lipinski definition) is 1. The fourth-order valence-corrected chi connectivity index (χ4v) is 2.42. The maximum Gasteiger partial charge on any atom is 0.225 e. The Morgan fingerprint density at radius 1 is 1.29 bits per heavy atom. The van der Waals surface area contributed by atoms with Gasteiger partial charge in [0.05, 0.1) is 6.61 Å². The lowest BCUT2D eigenvalue weighted by atomic mass is 9.93. The normalized spacial score (nSPS) is 17.4. The molecule has 1 aromatic heterocycles. The summed E-state index contributed by atoms with van der Waals surface area (Å²) in [4.78, 5) is 10.8. The van der Waals surface area contributed by atoms with Crippen LogP contribution in [0.4, 0.5) is 5.95 Å². The van der Waals surface area contributed by atoms with E-state index in [1.54, 1.807) is 12.4 Å². The highest BCUT2D eigenvalue weighted by Crippen LogP contribution is 2.23. The average Bonchev–Trinajstić information content (AvgIpc) is 2.40. The minimum absolute atomic E-state index is 0.0128. The van der Waals surface area contributed by atoms with Gasteiger partial charge in [-0.2, -0.15) is 0 Å². The summed E-state index contributed by atoms with van der Waals surface area (Å²) in [7, 11) is 0. The van der Waals surface area contributed by atoms with Crippen molar-refractivity contribution in [2.24, 2.45) is 5.92 Å². The van der Waals surface area contributed by atoms with Gasteiger partial charge < -0.3 is 10.0 Å². The molecule has 17 heavy (non-hydrogen) atoms. The second-order valence-electron chi connectivity index (χ2n) is 4.77. The topological polar surface area (TPSA) is 49.2 Å². The standard InChI is InChI=1S/C13H21N3O/c1-2-3-11-4-6-16(7-5-11)13-14-8-12(10-17)9-15-13/h8-9,11,17H,2-7,10H2,1H3. The van der Waals surface area contributed by atoms with E-state index < -0.39 is 0 Å². The summed E-state index contributed by atoms with van der Waals surface area (Å²) in [6, 6.07) is 0. The second-order valence-corrected chi connectivity index (χ2v) is 4.77. The molecule has 1 N–H and O–H groups in total. The molecule has 0 radical (unpaired) electrons. The lowest BCUT2D eigenvalue weighted by Crippen LogP contribution is -2.34. The van der Waals surface area contributed by atoms with E-state index in [0.29, 0.717) is 0 Å². The Morgan fingerprint density at radius 2 is 1.94 bits per heavy atom. The SMILES string of the molecule is CCCC1CCN(c2ncc(CO)cn2)CC1. The van der Waals surface area contributed by atoms with E-state index in [9.17, 15) is 0 Å². The van der Waals surface area contributed by atoms with E-state index in [2.05, 4.69) is 21.8 Å². The van der Waals surface area contributed by atoms with Crippen LogP contribution in [0.25, 0.3) is 0 Å². The van der Waals surface area contributed by atoms with Gasteiger partial charge in [-0.15, -0.1) is 0 Å². The first-order valence-electron chi connectivity index (χ1n) is 6.50. The minimum Gasteiger partial charge on any atom is -0.392 e. The number of aliphatic hydroxyl groups excluding tert-OH is 1. The van der Waals surface area contributed by atoms with Crippen LogP contribution in [0.3, 0.4) is 0 Å². The first kappa shape index (κ1) is 12.3. The Morgan fingerprint density at radius 3 is 2.47 bits per heavy atom. The fourth-order valence-electron chi connectivity index (χ4n) is 2.42. The summed E-state index contributed by atoms with van der Waals surface area (Å²) >= 11 is 0. The monoisotopic (exact) mass is 235 g/mol. The molecule has 4 nitrogen and oxygen atoms in total. The van der Waals surface area contributed by atoms with E-state index in [1.807, 2.05) is 0 Å². The predicted molar refractivity (Wildman–Crippen MR) is 67.8 cm³/mol. The van der Waals surface area contributed by atoms with Gasteiger partial charge in [0.25, 0.3) is 0 Å². The zero-order valence-corrected chi connectivity index (χ0v) is 10.5. The number of rotatable bonds is 4. The van der Waals surface area contributed by atoms with Crippen molar-refractivity contribution in [3.63, 3.8) is 0 Å². The number of hydrogen-bond acceptors (Lipinski definition) is 4. The van der Waals surface area contributed by atoms with Gasteiger partial charge in [0, 0.05) is 31.0 Å². The van der Waals surface area contributed by atoms with Crippen molar-refractivity contribution in [3.8, 4) is 0 Å². The van der Waals surface area contributed by atoms with E-state index in [4.69, 9.17) is 5.11 Å². The Kier molecular flexibility index (Phi) is 4.31. The summed E-state index contributed by atoms with van der Waals surface area (Å²) in [6.45, 7) is 4.38. The average molecular weight is 235 g/mol. The van der Waals surface area contributed by atoms with Crippen molar-refractivity contribution in [3.05, 3.63) is 18.0 Å². The van der Waals surface area contributed by atoms with Gasteiger partial charge in [-0.25, -0.2) is 9.97 Å². The zero-order chi connectivity index (χ0) is 12.1. The van der Waals surface area contributed by atoms with Crippen LogP contribution in [0, 0.1) is 5.92 Å². The van der Waals surface area contributed by atoms with Gasteiger partial charge in [0.1, 0.15) is 0 Å². The molecule has 94 valence electrons. The van der Waals surface area contributed by atoms with Crippen molar-refractivity contribution in [2.45, 2.75) is 39.2 Å². The van der Waals surface area contributed by atoms with Gasteiger partial charge in [-0.3, -0.25) is 0 Å². The molecule has 0 bridgehead atoms. The Hall–Kier alpha value is -1.16. The van der Waals surface area contributed by atoms with E-state index in [1.165, 1.54) is 25.7 Å². The highest BCUT2D eigenvalue weighted by Gasteiger charge is 2.19. The van der Waals surface area contributed by atoms with Gasteiger partial charge in [0.15, 0.2) is 0 Å². The highest BCUT2D eigenvalue weighted by atomic mass is 16.3. The first-order chi connectivity index (χ1) is 8.33. The molecule has 0 aromatic carbocycles. The number of aromatic nitrogens is 2. The third-order valence-corrected chi connectivity index (χ3v) is 3.47. The van der Waals surface area contributed by atoms with Crippen LogP contribution < -0.4 is 4.90 Å². The molecule has 1 saturated heterocycles. The largest absolute Gasteiger partial charge is 0.392 e. The summed E-state index contributed by atoms with van der Waals surface area (Å²) in [5, 5.41) is 8.94. The van der Waals surface area contributed by atoms with Crippen LogP contribution in [-0.2, 0) is 6.61 Å². The molecule has 0 saturated carbocycles. The van der Waals surface area contributed by atoms with E-state index >= 15 is 0 Å². The number of piperidine rings is 1. The van der Waals surface area contributed by atoms with Gasteiger partial charge >= 0.3 is 0 Å². The number of anilines is 1. The molecule has 1 aromatic rings. The van der Waals surface area contributed by atoms with Crippen molar-refractivity contribution in [1.82, 2.24) is 9.97 Å². The molecule has 1 aliphatic heterocycles. The Bertz CT molecular complexity index is 331. The van der Waals surface area contributed by atoms with Crippen LogP contribution in [0.15, 0.2) is 12.4 Å². The van der Waals surface area contributed by atoms with E-state index in [0.717, 1.165) is 30.5 Å². The quantitative estimate of drug-likeness (QED) is 0.867. The molecular weight excluding hydrogens is 214 g/mol. The Balaban J connectivity index is 1.91. The van der Waals surface area contributed by atoms with Crippen LogP contribution in [-0.4, -0.2) is 28.2 Å². The minimum atomic E-state index is 0.0128. The predicted octanol–water partition coefficient (Wildman–Crippen LogP) is 1.99. The smallest absolute Gasteiger partial charge is 0.225 e. The van der Waals surface area contributed by atoms with Crippen molar-refractivity contribution >= 4 is 5.95 Å². The van der Waals surface area contributed by atoms with Crippen LogP contribution >= 0.6 is 0 Å². The van der Waals surface area contributed by atoms with Gasteiger partial charge in [-0.05, 0) is 18.8 Å². The molecule has 4 heteroatoms. The lowest BCUT2D eigenvalue weighted by molar-refractivity contribution is 0.281. The van der Waals surface area contributed by atoms with Crippen LogP contribution in [0.1, 0.15) is 38.2 Å². The third-order valence-electron chi connectivity index (χ3n) is 3.47. The summed E-state index contributed by atoms with van der Waals surface area (Å²) < 4.78 is 0. The lowest BCUT2D eigenvalue weighted by Gasteiger charge is -2.31. The first-order valence-corrected chi connectivity index (χ1v) is 6.50. The number of nitrogens with zero attached hydrogens (tertiary/aromatic N) is 3. The molecule has 2 rings (SSSR count).